The number of hydrogen-bond acceptors (Lipinski definition) is 7. The van der Waals surface area contributed by atoms with E-state index < -0.39 is 28.7 Å². The molecule has 4 unspecified atom stereocenters. The molecule has 4 rings (SSSR count). The lowest BCUT2D eigenvalue weighted by atomic mass is 9.73. The van der Waals surface area contributed by atoms with Gasteiger partial charge in [-0.1, -0.05) is 12.1 Å². The predicted molar refractivity (Wildman–Crippen MR) is 86.0 cm³/mol. The molecule has 3 saturated heterocycles. The second-order valence-corrected chi connectivity index (χ2v) is 7.13. The van der Waals surface area contributed by atoms with E-state index in [0.717, 1.165) is 11.3 Å². The second kappa shape index (κ2) is 4.95. The fraction of sp³-hybridized carbons (Fsp3) is 0.556. The highest BCUT2D eigenvalue weighted by Gasteiger charge is 2.93. The van der Waals surface area contributed by atoms with Crippen LogP contribution >= 0.6 is 0 Å². The lowest BCUT2D eigenvalue weighted by molar-refractivity contribution is -0.178. The molecule has 0 N–H and O–H groups in total. The van der Waals surface area contributed by atoms with E-state index in [1.165, 1.54) is 7.11 Å². The highest BCUT2D eigenvalue weighted by molar-refractivity contribution is 6.11. The van der Waals surface area contributed by atoms with Crippen LogP contribution in [0.1, 0.15) is 24.9 Å². The molecule has 3 aliphatic rings. The van der Waals surface area contributed by atoms with E-state index in [1.54, 1.807) is 7.11 Å². The van der Waals surface area contributed by atoms with Crippen LogP contribution in [0.5, 0.6) is 5.75 Å². The van der Waals surface area contributed by atoms with Crippen molar-refractivity contribution in [2.75, 3.05) is 27.8 Å². The molecule has 1 aromatic carbocycles. The van der Waals surface area contributed by atoms with Crippen LogP contribution in [0.15, 0.2) is 24.3 Å². The molecule has 1 aromatic rings. The summed E-state index contributed by atoms with van der Waals surface area (Å²) >= 11 is 0. The fourth-order valence-electron chi connectivity index (χ4n) is 4.49. The highest BCUT2D eigenvalue weighted by Crippen LogP contribution is 2.68. The minimum atomic E-state index is -1.62. The maximum Gasteiger partial charge on any atom is 0.354 e. The Hall–Kier alpha value is -2.12. The molecule has 7 heteroatoms. The molecule has 0 saturated carbocycles. The molecule has 134 valence electrons. The number of nitrogens with zero attached hydrogens (tertiary/aromatic N) is 1. The molecule has 1 spiro atoms. The molecule has 0 aromatic heterocycles. The van der Waals surface area contributed by atoms with Crippen molar-refractivity contribution in [3.63, 3.8) is 0 Å². The molecule has 7 nitrogen and oxygen atoms in total. The summed E-state index contributed by atoms with van der Waals surface area (Å²) in [4.78, 5) is 26.9. The van der Waals surface area contributed by atoms with Crippen molar-refractivity contribution in [1.29, 1.82) is 0 Å². The fourth-order valence-corrected chi connectivity index (χ4v) is 4.49. The number of likely N-dealkylation sites (tertiary alicyclic amines) is 1. The summed E-state index contributed by atoms with van der Waals surface area (Å²) in [6.45, 7) is 2.29. The monoisotopic (exact) mass is 347 g/mol. The van der Waals surface area contributed by atoms with Gasteiger partial charge in [0.1, 0.15) is 5.75 Å². The molecule has 0 radical (unpaired) electrons. The first-order valence-corrected chi connectivity index (χ1v) is 8.20. The summed E-state index contributed by atoms with van der Waals surface area (Å²) in [7, 11) is 4.85. The van der Waals surface area contributed by atoms with Gasteiger partial charge >= 0.3 is 11.9 Å². The van der Waals surface area contributed by atoms with Crippen molar-refractivity contribution >= 4 is 11.9 Å². The number of ether oxygens (including phenoxy) is 4. The first-order chi connectivity index (χ1) is 11.8. The third kappa shape index (κ3) is 1.82. The van der Waals surface area contributed by atoms with Gasteiger partial charge in [0.15, 0.2) is 11.2 Å². The van der Waals surface area contributed by atoms with Crippen molar-refractivity contribution in [2.24, 2.45) is 0 Å². The van der Waals surface area contributed by atoms with E-state index in [0.29, 0.717) is 13.0 Å². The maximum atomic E-state index is 12.5. The number of methoxy groups -OCH3 is 2. The van der Waals surface area contributed by atoms with E-state index >= 15 is 0 Å². The first-order valence-electron chi connectivity index (χ1n) is 8.20. The third-order valence-electron chi connectivity index (χ3n) is 5.85. The van der Waals surface area contributed by atoms with Crippen LogP contribution < -0.4 is 4.74 Å². The van der Waals surface area contributed by atoms with Gasteiger partial charge in [-0.3, -0.25) is 4.90 Å². The van der Waals surface area contributed by atoms with Gasteiger partial charge in [0.25, 0.3) is 5.60 Å². The molecular formula is C18H21NO6. The Morgan fingerprint density at radius 2 is 1.96 bits per heavy atom. The number of carbonyl (C=O) groups is 2. The minimum absolute atomic E-state index is 0.0139. The lowest BCUT2D eigenvalue weighted by Gasteiger charge is -2.44. The van der Waals surface area contributed by atoms with Gasteiger partial charge < -0.3 is 18.9 Å². The molecular weight excluding hydrogens is 326 g/mol. The largest absolute Gasteiger partial charge is 0.497 e. The SMILES string of the molecule is COC(=O)C12OC13CC(c1ccc(OC)cc1)N(C)CC3(C)OC2=O. The van der Waals surface area contributed by atoms with Crippen LogP contribution in [0, 0.1) is 0 Å². The standard InChI is InChI=1S/C18H21NO6/c1-16-10-19(2)13(11-5-7-12(22-3)8-6-11)9-17(16)18(25-17,14(20)23-4)15(21)24-16/h5-8,13H,9-10H2,1-4H3. The Labute approximate surface area is 145 Å². The lowest BCUT2D eigenvalue weighted by Crippen LogP contribution is -2.57. The molecule has 0 aliphatic carbocycles. The van der Waals surface area contributed by atoms with Gasteiger partial charge in [-0.2, -0.15) is 0 Å². The van der Waals surface area contributed by atoms with Crippen molar-refractivity contribution in [1.82, 2.24) is 4.90 Å². The van der Waals surface area contributed by atoms with Crippen molar-refractivity contribution in [3.05, 3.63) is 29.8 Å². The van der Waals surface area contributed by atoms with Gasteiger partial charge in [0.2, 0.25) is 0 Å². The molecule has 3 aliphatic heterocycles. The van der Waals surface area contributed by atoms with Gasteiger partial charge in [0.05, 0.1) is 14.2 Å². The zero-order valence-electron chi connectivity index (χ0n) is 14.7. The average Bonchev–Trinajstić information content (AvgIpc) is 3.25. The van der Waals surface area contributed by atoms with E-state index in [2.05, 4.69) is 4.90 Å². The number of esters is 2. The summed E-state index contributed by atoms with van der Waals surface area (Å²) in [6.07, 6.45) is 0.465. The van der Waals surface area contributed by atoms with Crippen LogP contribution in [0.4, 0.5) is 0 Å². The molecule has 25 heavy (non-hydrogen) atoms. The van der Waals surface area contributed by atoms with Crippen molar-refractivity contribution in [2.45, 2.75) is 36.2 Å². The first kappa shape index (κ1) is 16.4. The summed E-state index contributed by atoms with van der Waals surface area (Å²) in [6, 6.07) is 7.75. The smallest absolute Gasteiger partial charge is 0.354 e. The minimum Gasteiger partial charge on any atom is -0.497 e. The maximum absolute atomic E-state index is 12.5. The summed E-state index contributed by atoms with van der Waals surface area (Å²) in [5.41, 5.74) is -2.42. The van der Waals surface area contributed by atoms with Crippen LogP contribution in [0.25, 0.3) is 0 Å². The number of benzene rings is 1. The normalized spacial score (nSPS) is 39.2. The Bertz CT molecular complexity index is 748. The Morgan fingerprint density at radius 3 is 2.56 bits per heavy atom. The van der Waals surface area contributed by atoms with Gasteiger partial charge in [-0.15, -0.1) is 0 Å². The zero-order valence-corrected chi connectivity index (χ0v) is 14.7. The molecule has 3 fully saturated rings. The molecule has 3 heterocycles. The average molecular weight is 347 g/mol. The highest BCUT2D eigenvalue weighted by atomic mass is 16.7. The van der Waals surface area contributed by atoms with E-state index in [4.69, 9.17) is 18.9 Å². The molecule has 0 bridgehead atoms. The predicted octanol–water partition coefficient (Wildman–Crippen LogP) is 1.07. The summed E-state index contributed by atoms with van der Waals surface area (Å²) in [5.74, 6) is -0.555. The molecule has 0 amide bonds. The number of rotatable bonds is 3. The van der Waals surface area contributed by atoms with E-state index in [1.807, 2.05) is 38.2 Å². The van der Waals surface area contributed by atoms with Crippen LogP contribution in [0.2, 0.25) is 0 Å². The van der Waals surface area contributed by atoms with Crippen LogP contribution in [-0.4, -0.2) is 61.5 Å². The Balaban J connectivity index is 1.71. The number of hydrogen-bond donors (Lipinski definition) is 0. The Kier molecular flexibility index (Phi) is 3.24. The van der Waals surface area contributed by atoms with Gasteiger partial charge in [-0.25, -0.2) is 9.59 Å². The molecule has 4 atom stereocenters. The summed E-state index contributed by atoms with van der Waals surface area (Å²) in [5, 5.41) is 0. The number of carbonyl (C=O) groups excluding carboxylic acids is 2. The second-order valence-electron chi connectivity index (χ2n) is 7.13. The number of likely N-dealkylation sites (N-methyl/N-ethyl adjacent to an activating group) is 1. The van der Waals surface area contributed by atoms with E-state index in [9.17, 15) is 9.59 Å². The summed E-state index contributed by atoms with van der Waals surface area (Å²) < 4.78 is 21.5. The van der Waals surface area contributed by atoms with Gasteiger partial charge in [0, 0.05) is 19.0 Å². The van der Waals surface area contributed by atoms with E-state index in [-0.39, 0.29) is 6.04 Å². The zero-order chi connectivity index (χ0) is 18.0. The number of piperidine rings is 1. The van der Waals surface area contributed by atoms with Crippen LogP contribution in [-0.2, 0) is 23.8 Å². The number of epoxide rings is 1. The van der Waals surface area contributed by atoms with Crippen molar-refractivity contribution in [3.8, 4) is 5.75 Å². The quantitative estimate of drug-likeness (QED) is 0.460. The van der Waals surface area contributed by atoms with Crippen LogP contribution in [0.3, 0.4) is 0 Å². The van der Waals surface area contributed by atoms with Crippen molar-refractivity contribution < 1.29 is 28.5 Å². The third-order valence-corrected chi connectivity index (χ3v) is 5.85. The van der Waals surface area contributed by atoms with Gasteiger partial charge in [-0.05, 0) is 31.7 Å². The topological polar surface area (TPSA) is 77.6 Å². The Morgan fingerprint density at radius 1 is 1.28 bits per heavy atom.